The normalized spacial score (nSPS) is 11.9. The Morgan fingerprint density at radius 3 is 1.84 bits per heavy atom. The molecule has 9 aromatic carbocycles. The third kappa shape index (κ3) is 4.19. The first kappa shape index (κ1) is 28.0. The average molecular weight is 651 g/mol. The monoisotopic (exact) mass is 650 g/mol. The second kappa shape index (κ2) is 10.8. The van der Waals surface area contributed by atoms with Gasteiger partial charge < -0.3 is 13.9 Å². The van der Waals surface area contributed by atoms with Crippen molar-refractivity contribution >= 4 is 93.1 Å². The van der Waals surface area contributed by atoms with Crippen LogP contribution in [0.4, 0.5) is 17.1 Å². The highest BCUT2D eigenvalue weighted by atomic mass is 16.3. The maximum Gasteiger partial charge on any atom is 0.160 e. The molecule has 0 saturated carbocycles. The number of rotatable bonds is 4. The number of benzene rings is 9. The van der Waals surface area contributed by atoms with Crippen molar-refractivity contribution in [1.82, 2.24) is 4.57 Å². The van der Waals surface area contributed by atoms with Crippen molar-refractivity contribution in [2.75, 3.05) is 4.90 Å². The summed E-state index contributed by atoms with van der Waals surface area (Å²) in [5.41, 5.74) is 8.41. The number of fused-ring (bicyclic) bond motifs is 11. The Hall–Kier alpha value is -6.84. The van der Waals surface area contributed by atoms with Crippen LogP contribution in [-0.4, -0.2) is 4.57 Å². The van der Waals surface area contributed by atoms with Gasteiger partial charge in [-0.2, -0.15) is 0 Å². The fraction of sp³-hybridized carbons (Fsp3) is 0. The third-order valence-corrected chi connectivity index (χ3v) is 10.5. The molecule has 0 aliphatic rings. The third-order valence-electron chi connectivity index (χ3n) is 10.5. The van der Waals surface area contributed by atoms with Gasteiger partial charge >= 0.3 is 0 Å². The first-order chi connectivity index (χ1) is 25.3. The van der Waals surface area contributed by atoms with Crippen LogP contribution < -0.4 is 4.90 Å². The maximum absolute atomic E-state index is 6.99. The van der Waals surface area contributed by atoms with Crippen LogP contribution in [0.25, 0.3) is 81.7 Å². The van der Waals surface area contributed by atoms with E-state index in [1.54, 1.807) is 0 Å². The maximum atomic E-state index is 6.99. The zero-order valence-corrected chi connectivity index (χ0v) is 27.6. The van der Waals surface area contributed by atoms with Crippen molar-refractivity contribution < 1.29 is 4.42 Å². The van der Waals surface area contributed by atoms with E-state index in [9.17, 15) is 0 Å². The highest BCUT2D eigenvalue weighted by Crippen LogP contribution is 2.48. The number of furan rings is 1. The van der Waals surface area contributed by atoms with E-state index in [2.05, 4.69) is 191 Å². The van der Waals surface area contributed by atoms with Gasteiger partial charge in [-0.1, -0.05) is 121 Å². The molecule has 0 spiro atoms. The predicted molar refractivity (Wildman–Crippen MR) is 215 cm³/mol. The molecule has 0 bridgehead atoms. The highest BCUT2D eigenvalue weighted by Gasteiger charge is 2.24. The molecular weight excluding hydrogens is 621 g/mol. The molecule has 11 rings (SSSR count). The largest absolute Gasteiger partial charge is 0.454 e. The Morgan fingerprint density at radius 1 is 0.392 bits per heavy atom. The molecule has 238 valence electrons. The van der Waals surface area contributed by atoms with Crippen molar-refractivity contribution in [3.05, 3.63) is 182 Å². The van der Waals surface area contributed by atoms with Crippen molar-refractivity contribution in [3.63, 3.8) is 0 Å². The molecule has 3 heteroatoms. The fourth-order valence-corrected chi connectivity index (χ4v) is 8.23. The minimum atomic E-state index is 0.875. The van der Waals surface area contributed by atoms with Crippen LogP contribution in [-0.2, 0) is 0 Å². The summed E-state index contributed by atoms with van der Waals surface area (Å²) in [5, 5.41) is 11.9. The molecule has 11 aromatic rings. The van der Waals surface area contributed by atoms with Gasteiger partial charge in [0.2, 0.25) is 0 Å². The number of aromatic nitrogens is 1. The van der Waals surface area contributed by atoms with E-state index in [-0.39, 0.29) is 0 Å². The van der Waals surface area contributed by atoms with Gasteiger partial charge in [0, 0.05) is 38.6 Å². The van der Waals surface area contributed by atoms with Gasteiger partial charge in [-0.15, -0.1) is 0 Å². The standard InChI is InChI=1S/C48H30N2O/c1-2-16-35(17-3-1)50-42-21-11-10-20-40(42)41-30-37(25-26-43(41)50)49(36-24-22-31-12-4-5-14-33(31)28-36)44-29-34-15-7-9-19-39(34)47-46-38-18-8-6-13-32(38)23-27-45(46)51-48(44)47/h1-30H. The summed E-state index contributed by atoms with van der Waals surface area (Å²) in [6.07, 6.45) is 0. The van der Waals surface area contributed by atoms with Gasteiger partial charge in [0.1, 0.15) is 5.58 Å². The molecule has 3 nitrogen and oxygen atoms in total. The lowest BCUT2D eigenvalue weighted by Crippen LogP contribution is -2.10. The predicted octanol–water partition coefficient (Wildman–Crippen LogP) is 13.6. The molecule has 0 atom stereocenters. The first-order valence-corrected chi connectivity index (χ1v) is 17.4. The SMILES string of the molecule is c1ccc(-n2c3ccccc3c3cc(N(c4ccc5ccccc5c4)c4cc5ccccc5c5c4oc4ccc6ccccc6c45)ccc32)cc1. The van der Waals surface area contributed by atoms with E-state index in [1.807, 2.05) is 0 Å². The zero-order valence-electron chi connectivity index (χ0n) is 27.6. The molecule has 0 radical (unpaired) electrons. The van der Waals surface area contributed by atoms with Crippen molar-refractivity contribution in [3.8, 4) is 5.69 Å². The Labute approximate surface area is 293 Å². The topological polar surface area (TPSA) is 21.3 Å². The van der Waals surface area contributed by atoms with Crippen LogP contribution in [0.15, 0.2) is 186 Å². The summed E-state index contributed by atoms with van der Waals surface area (Å²) < 4.78 is 9.35. The molecule has 2 aromatic heterocycles. The second-order valence-corrected chi connectivity index (χ2v) is 13.3. The summed E-state index contributed by atoms with van der Waals surface area (Å²) in [6, 6.07) is 65.5. The molecule has 0 fully saturated rings. The van der Waals surface area contributed by atoms with E-state index in [0.29, 0.717) is 0 Å². The fourth-order valence-electron chi connectivity index (χ4n) is 8.23. The molecule has 0 N–H and O–H groups in total. The zero-order chi connectivity index (χ0) is 33.5. The molecule has 0 aliphatic carbocycles. The lowest BCUT2D eigenvalue weighted by molar-refractivity contribution is 0.669. The molecular formula is C48H30N2O. The lowest BCUT2D eigenvalue weighted by atomic mass is 9.98. The van der Waals surface area contributed by atoms with Gasteiger partial charge in [-0.3, -0.25) is 0 Å². The Kier molecular flexibility index (Phi) is 5.96. The van der Waals surface area contributed by atoms with Crippen LogP contribution in [0, 0.1) is 0 Å². The van der Waals surface area contributed by atoms with Crippen LogP contribution in [0.5, 0.6) is 0 Å². The number of nitrogens with zero attached hydrogens (tertiary/aromatic N) is 2. The Morgan fingerprint density at radius 2 is 1.00 bits per heavy atom. The molecule has 2 heterocycles. The van der Waals surface area contributed by atoms with Gasteiger partial charge in [0.15, 0.2) is 5.58 Å². The van der Waals surface area contributed by atoms with Crippen molar-refractivity contribution in [2.24, 2.45) is 0 Å². The first-order valence-electron chi connectivity index (χ1n) is 17.4. The minimum absolute atomic E-state index is 0.875. The quantitative estimate of drug-likeness (QED) is 0.189. The van der Waals surface area contributed by atoms with Gasteiger partial charge in [-0.25, -0.2) is 0 Å². The summed E-state index contributed by atoms with van der Waals surface area (Å²) >= 11 is 0. The highest BCUT2D eigenvalue weighted by molar-refractivity contribution is 6.29. The van der Waals surface area contributed by atoms with E-state index < -0.39 is 0 Å². The second-order valence-electron chi connectivity index (χ2n) is 13.3. The van der Waals surface area contributed by atoms with Crippen LogP contribution in [0.1, 0.15) is 0 Å². The summed E-state index contributed by atoms with van der Waals surface area (Å²) in [5.74, 6) is 0. The van der Waals surface area contributed by atoms with Crippen LogP contribution in [0.2, 0.25) is 0 Å². The number of para-hydroxylation sites is 2. The van der Waals surface area contributed by atoms with Crippen LogP contribution in [0.3, 0.4) is 0 Å². The van der Waals surface area contributed by atoms with Crippen LogP contribution >= 0.6 is 0 Å². The molecule has 0 aliphatic heterocycles. The number of anilines is 3. The van der Waals surface area contributed by atoms with Gasteiger partial charge in [0.05, 0.1) is 16.7 Å². The Bertz CT molecular complexity index is 3150. The Balaban J connectivity index is 1.26. The molecule has 0 unspecified atom stereocenters. The van der Waals surface area contributed by atoms with E-state index in [0.717, 1.165) is 44.7 Å². The minimum Gasteiger partial charge on any atom is -0.454 e. The van der Waals surface area contributed by atoms with Crippen molar-refractivity contribution in [1.29, 1.82) is 0 Å². The van der Waals surface area contributed by atoms with E-state index >= 15 is 0 Å². The average Bonchev–Trinajstić information content (AvgIpc) is 3.75. The molecule has 0 amide bonds. The molecule has 51 heavy (non-hydrogen) atoms. The lowest BCUT2D eigenvalue weighted by Gasteiger charge is -2.26. The summed E-state index contributed by atoms with van der Waals surface area (Å²) in [6.45, 7) is 0. The van der Waals surface area contributed by atoms with Gasteiger partial charge in [0.25, 0.3) is 0 Å². The smallest absolute Gasteiger partial charge is 0.160 e. The van der Waals surface area contributed by atoms with Gasteiger partial charge in [-0.05, 0) is 93.0 Å². The number of hydrogen-bond acceptors (Lipinski definition) is 2. The van der Waals surface area contributed by atoms with Crippen molar-refractivity contribution in [2.45, 2.75) is 0 Å². The summed E-state index contributed by atoms with van der Waals surface area (Å²) in [7, 11) is 0. The van der Waals surface area contributed by atoms with E-state index in [1.165, 1.54) is 54.1 Å². The van der Waals surface area contributed by atoms with E-state index in [4.69, 9.17) is 4.42 Å². The summed E-state index contributed by atoms with van der Waals surface area (Å²) in [4.78, 5) is 2.39. The number of hydrogen-bond donors (Lipinski definition) is 0. The molecule has 0 saturated heterocycles.